The molecule has 0 aliphatic rings. The zero-order valence-corrected chi connectivity index (χ0v) is 19.6. The normalized spacial score (nSPS) is 12.4. The van der Waals surface area contributed by atoms with Crippen LogP contribution in [0.4, 0.5) is 0 Å². The molecule has 162 valence electrons. The van der Waals surface area contributed by atoms with Gasteiger partial charge < -0.3 is 4.57 Å². The number of fused-ring (bicyclic) bond motifs is 6. The van der Waals surface area contributed by atoms with Gasteiger partial charge in [0.2, 0.25) is 0 Å². The molecule has 0 saturated heterocycles. The molecular weight excluding hydrogens is 402 g/mol. The molecule has 0 radical (unpaired) electrons. The lowest BCUT2D eigenvalue weighted by Gasteiger charge is -2.20. The molecule has 0 saturated carbocycles. The van der Waals surface area contributed by atoms with Crippen molar-refractivity contribution in [2.24, 2.45) is 12.5 Å². The highest BCUT2D eigenvalue weighted by Gasteiger charge is 2.19. The number of aryl methyl sites for hydroxylation is 1. The standard InChI is InChI=1S/C30H27N3/c1-30(2,3)17-20-10-7-13-23-21(20)12-8-14-24(23)27-26-25-16-15-19-9-5-6-11-22(19)28(25)33(4)29(26)32-18-31-27/h5-16,18H,17H2,1-4H3. The van der Waals surface area contributed by atoms with Crippen LogP contribution in [0.2, 0.25) is 0 Å². The number of hydrogen-bond donors (Lipinski definition) is 0. The first-order valence-electron chi connectivity index (χ1n) is 11.5. The van der Waals surface area contributed by atoms with E-state index in [9.17, 15) is 0 Å². The van der Waals surface area contributed by atoms with Gasteiger partial charge in [-0.1, -0.05) is 93.6 Å². The SMILES string of the molecule is Cn1c2ncnc(-c3cccc4c(CC(C)(C)C)cccc34)c2c2ccc3ccccc3c21. The first kappa shape index (κ1) is 19.9. The Morgan fingerprint density at radius 2 is 1.48 bits per heavy atom. The molecule has 0 fully saturated rings. The lowest BCUT2D eigenvalue weighted by molar-refractivity contribution is 0.412. The molecule has 0 spiro atoms. The molecule has 0 aliphatic heterocycles. The molecule has 0 amide bonds. The van der Waals surface area contributed by atoms with Gasteiger partial charge in [-0.05, 0) is 33.6 Å². The minimum absolute atomic E-state index is 0.225. The number of nitrogens with zero attached hydrogens (tertiary/aromatic N) is 3. The summed E-state index contributed by atoms with van der Waals surface area (Å²) in [6.07, 6.45) is 2.74. The highest BCUT2D eigenvalue weighted by atomic mass is 15.0. The third-order valence-corrected chi connectivity index (χ3v) is 6.64. The molecule has 33 heavy (non-hydrogen) atoms. The summed E-state index contributed by atoms with van der Waals surface area (Å²) in [6.45, 7) is 6.89. The van der Waals surface area contributed by atoms with Crippen molar-refractivity contribution in [1.82, 2.24) is 14.5 Å². The smallest absolute Gasteiger partial charge is 0.144 e. The predicted molar refractivity (Wildman–Crippen MR) is 140 cm³/mol. The minimum Gasteiger partial charge on any atom is -0.328 e. The van der Waals surface area contributed by atoms with E-state index in [0.717, 1.165) is 28.7 Å². The fourth-order valence-corrected chi connectivity index (χ4v) is 5.31. The lowest BCUT2D eigenvalue weighted by Crippen LogP contribution is -2.09. The maximum atomic E-state index is 4.85. The van der Waals surface area contributed by atoms with Gasteiger partial charge in [0.15, 0.2) is 0 Å². The maximum absolute atomic E-state index is 4.85. The monoisotopic (exact) mass is 429 g/mol. The Morgan fingerprint density at radius 1 is 0.727 bits per heavy atom. The molecule has 6 rings (SSSR count). The summed E-state index contributed by atoms with van der Waals surface area (Å²) in [6, 6.07) is 26.3. The van der Waals surface area contributed by atoms with E-state index in [1.807, 2.05) is 0 Å². The van der Waals surface area contributed by atoms with Crippen molar-refractivity contribution >= 4 is 43.5 Å². The summed E-state index contributed by atoms with van der Waals surface area (Å²) >= 11 is 0. The van der Waals surface area contributed by atoms with Crippen LogP contribution in [-0.2, 0) is 13.5 Å². The van der Waals surface area contributed by atoms with Crippen molar-refractivity contribution in [3.05, 3.63) is 84.7 Å². The van der Waals surface area contributed by atoms with Gasteiger partial charge >= 0.3 is 0 Å². The maximum Gasteiger partial charge on any atom is 0.144 e. The molecule has 0 bridgehead atoms. The first-order chi connectivity index (χ1) is 15.9. The highest BCUT2D eigenvalue weighted by Crippen LogP contribution is 2.39. The van der Waals surface area contributed by atoms with Crippen LogP contribution in [0.15, 0.2) is 79.1 Å². The van der Waals surface area contributed by atoms with E-state index < -0.39 is 0 Å². The topological polar surface area (TPSA) is 30.7 Å². The van der Waals surface area contributed by atoms with Crippen molar-refractivity contribution < 1.29 is 0 Å². The van der Waals surface area contributed by atoms with Crippen LogP contribution in [0, 0.1) is 5.41 Å². The van der Waals surface area contributed by atoms with Gasteiger partial charge in [0, 0.05) is 23.4 Å². The van der Waals surface area contributed by atoms with E-state index in [-0.39, 0.29) is 5.41 Å². The Bertz CT molecular complexity index is 1680. The van der Waals surface area contributed by atoms with Crippen molar-refractivity contribution in [1.29, 1.82) is 0 Å². The second-order valence-electron chi connectivity index (χ2n) is 10.2. The summed E-state index contributed by atoms with van der Waals surface area (Å²) in [5.74, 6) is 0. The van der Waals surface area contributed by atoms with Crippen LogP contribution in [-0.4, -0.2) is 14.5 Å². The van der Waals surface area contributed by atoms with E-state index in [4.69, 9.17) is 9.97 Å². The predicted octanol–water partition coefficient (Wildman–Crippen LogP) is 7.68. The Balaban J connectivity index is 1.70. The molecule has 4 aromatic carbocycles. The molecule has 2 aromatic heterocycles. The molecule has 6 aromatic rings. The van der Waals surface area contributed by atoms with E-state index in [1.54, 1.807) is 6.33 Å². The van der Waals surface area contributed by atoms with Gasteiger partial charge in [0.1, 0.15) is 12.0 Å². The highest BCUT2D eigenvalue weighted by molar-refractivity contribution is 6.21. The third kappa shape index (κ3) is 3.11. The lowest BCUT2D eigenvalue weighted by atomic mass is 9.85. The Kier molecular flexibility index (Phi) is 4.31. The third-order valence-electron chi connectivity index (χ3n) is 6.64. The van der Waals surface area contributed by atoms with Gasteiger partial charge in [-0.2, -0.15) is 0 Å². The van der Waals surface area contributed by atoms with E-state index in [2.05, 4.69) is 105 Å². The Labute approximate surface area is 193 Å². The fourth-order valence-electron chi connectivity index (χ4n) is 5.31. The fraction of sp³-hybridized carbons (Fsp3) is 0.200. The van der Waals surface area contributed by atoms with Crippen molar-refractivity contribution in [2.75, 3.05) is 0 Å². The molecule has 0 unspecified atom stereocenters. The summed E-state index contributed by atoms with van der Waals surface area (Å²) in [5.41, 5.74) is 5.95. The van der Waals surface area contributed by atoms with Crippen LogP contribution in [0.1, 0.15) is 26.3 Å². The molecule has 3 heteroatoms. The average Bonchev–Trinajstić information content (AvgIpc) is 3.11. The largest absolute Gasteiger partial charge is 0.328 e. The summed E-state index contributed by atoms with van der Waals surface area (Å²) in [5, 5.41) is 7.35. The van der Waals surface area contributed by atoms with Crippen LogP contribution in [0.5, 0.6) is 0 Å². The van der Waals surface area contributed by atoms with E-state index in [1.165, 1.54) is 38.0 Å². The average molecular weight is 430 g/mol. The Morgan fingerprint density at radius 3 is 2.33 bits per heavy atom. The quantitative estimate of drug-likeness (QED) is 0.282. The van der Waals surface area contributed by atoms with Gasteiger partial charge in [-0.15, -0.1) is 0 Å². The molecular formula is C30H27N3. The van der Waals surface area contributed by atoms with Gasteiger partial charge in [-0.3, -0.25) is 0 Å². The molecule has 2 heterocycles. The summed E-state index contributed by atoms with van der Waals surface area (Å²) in [7, 11) is 2.11. The van der Waals surface area contributed by atoms with Crippen molar-refractivity contribution in [3.8, 4) is 11.3 Å². The minimum atomic E-state index is 0.225. The molecule has 0 atom stereocenters. The number of hydrogen-bond acceptors (Lipinski definition) is 2. The van der Waals surface area contributed by atoms with E-state index >= 15 is 0 Å². The van der Waals surface area contributed by atoms with Crippen LogP contribution < -0.4 is 0 Å². The molecule has 0 aliphatic carbocycles. The summed E-state index contributed by atoms with van der Waals surface area (Å²) in [4.78, 5) is 9.56. The van der Waals surface area contributed by atoms with Crippen LogP contribution in [0.25, 0.3) is 54.7 Å². The molecule has 0 N–H and O–H groups in total. The second-order valence-corrected chi connectivity index (χ2v) is 10.2. The van der Waals surface area contributed by atoms with Crippen LogP contribution in [0.3, 0.4) is 0 Å². The number of benzene rings is 4. The zero-order chi connectivity index (χ0) is 22.7. The molecule has 3 nitrogen and oxygen atoms in total. The number of aromatic nitrogens is 3. The first-order valence-corrected chi connectivity index (χ1v) is 11.5. The van der Waals surface area contributed by atoms with Gasteiger partial charge in [0.05, 0.1) is 16.6 Å². The van der Waals surface area contributed by atoms with Crippen molar-refractivity contribution in [2.45, 2.75) is 27.2 Å². The zero-order valence-electron chi connectivity index (χ0n) is 19.6. The number of rotatable bonds is 2. The van der Waals surface area contributed by atoms with Gasteiger partial charge in [-0.25, -0.2) is 9.97 Å². The van der Waals surface area contributed by atoms with E-state index in [0.29, 0.717) is 0 Å². The second kappa shape index (κ2) is 7.14. The van der Waals surface area contributed by atoms with Gasteiger partial charge in [0.25, 0.3) is 0 Å². The van der Waals surface area contributed by atoms with Crippen molar-refractivity contribution in [3.63, 3.8) is 0 Å². The van der Waals surface area contributed by atoms with Crippen LogP contribution >= 0.6 is 0 Å². The Hall–Kier alpha value is -3.72. The summed E-state index contributed by atoms with van der Waals surface area (Å²) < 4.78 is 2.22.